The normalized spacial score (nSPS) is 10.7. The van der Waals surface area contributed by atoms with E-state index in [4.69, 9.17) is 4.42 Å². The second-order valence-electron chi connectivity index (χ2n) is 4.64. The first-order chi connectivity index (χ1) is 11.1. The molecule has 3 rings (SSSR count). The third-order valence-corrected chi connectivity index (χ3v) is 3.83. The predicted octanol–water partition coefficient (Wildman–Crippen LogP) is 3.56. The van der Waals surface area contributed by atoms with E-state index in [-0.39, 0.29) is 28.3 Å². The quantitative estimate of drug-likeness (QED) is 0.569. The van der Waals surface area contributed by atoms with Crippen molar-refractivity contribution in [1.29, 1.82) is 0 Å². The first kappa shape index (κ1) is 15.2. The summed E-state index contributed by atoms with van der Waals surface area (Å²) in [7, 11) is 0. The molecule has 0 aliphatic heterocycles. The van der Waals surface area contributed by atoms with Gasteiger partial charge in [-0.05, 0) is 48.5 Å². The number of phenols is 1. The lowest BCUT2D eigenvalue weighted by molar-refractivity contribution is 0.102. The molecule has 1 aromatic heterocycles. The van der Waals surface area contributed by atoms with E-state index in [1.165, 1.54) is 36.4 Å². The number of ketones is 1. The molecule has 7 heteroatoms. The van der Waals surface area contributed by atoms with Crippen LogP contribution >= 0.6 is 11.8 Å². The van der Waals surface area contributed by atoms with Crippen LogP contribution in [0.1, 0.15) is 10.4 Å². The standard InChI is InChI=1S/C16H11FN2O3S/c17-12-5-1-10(2-6-12)14(21)9-23-16-19-18-15(22-16)11-3-7-13(20)8-4-11/h1-8,20H,9H2. The molecule has 0 aliphatic rings. The van der Waals surface area contributed by atoms with Crippen LogP contribution in [-0.2, 0) is 0 Å². The minimum atomic E-state index is -0.385. The zero-order valence-electron chi connectivity index (χ0n) is 11.8. The molecule has 116 valence electrons. The highest BCUT2D eigenvalue weighted by molar-refractivity contribution is 7.99. The van der Waals surface area contributed by atoms with Crippen LogP contribution in [0.2, 0.25) is 0 Å². The Kier molecular flexibility index (Phi) is 4.38. The van der Waals surface area contributed by atoms with Gasteiger partial charge in [0.15, 0.2) is 5.78 Å². The lowest BCUT2D eigenvalue weighted by Gasteiger charge is -1.98. The zero-order chi connectivity index (χ0) is 16.2. The van der Waals surface area contributed by atoms with Crippen LogP contribution in [0.4, 0.5) is 4.39 Å². The van der Waals surface area contributed by atoms with Crippen molar-refractivity contribution in [2.24, 2.45) is 0 Å². The van der Waals surface area contributed by atoms with Crippen LogP contribution in [0, 0.1) is 5.82 Å². The molecule has 3 aromatic rings. The Morgan fingerprint density at radius 2 is 1.78 bits per heavy atom. The van der Waals surface area contributed by atoms with E-state index in [2.05, 4.69) is 10.2 Å². The Morgan fingerprint density at radius 3 is 2.48 bits per heavy atom. The summed E-state index contributed by atoms with van der Waals surface area (Å²) in [6.07, 6.45) is 0. The van der Waals surface area contributed by atoms with Gasteiger partial charge in [-0.3, -0.25) is 4.79 Å². The van der Waals surface area contributed by atoms with E-state index < -0.39 is 0 Å². The fraction of sp³-hybridized carbons (Fsp3) is 0.0625. The Hall–Kier alpha value is -2.67. The zero-order valence-corrected chi connectivity index (χ0v) is 12.6. The molecule has 1 heterocycles. The number of Topliss-reactive ketones (excluding diaryl/α,β-unsaturated/α-hetero) is 1. The largest absolute Gasteiger partial charge is 0.508 e. The Morgan fingerprint density at radius 1 is 1.09 bits per heavy atom. The highest BCUT2D eigenvalue weighted by Crippen LogP contribution is 2.25. The maximum atomic E-state index is 12.8. The van der Waals surface area contributed by atoms with Gasteiger partial charge in [0.1, 0.15) is 11.6 Å². The molecular weight excluding hydrogens is 319 g/mol. The van der Waals surface area contributed by atoms with E-state index in [0.29, 0.717) is 17.0 Å². The van der Waals surface area contributed by atoms with E-state index in [1.54, 1.807) is 12.1 Å². The van der Waals surface area contributed by atoms with E-state index in [9.17, 15) is 14.3 Å². The molecule has 0 atom stereocenters. The van der Waals surface area contributed by atoms with Gasteiger partial charge in [-0.2, -0.15) is 0 Å². The van der Waals surface area contributed by atoms with Crippen LogP contribution in [-0.4, -0.2) is 26.8 Å². The number of halogens is 1. The van der Waals surface area contributed by atoms with Crippen molar-refractivity contribution in [1.82, 2.24) is 10.2 Å². The number of phenolic OH excluding ortho intramolecular Hbond substituents is 1. The molecular formula is C16H11FN2O3S. The van der Waals surface area contributed by atoms with Gasteiger partial charge in [0.2, 0.25) is 5.89 Å². The Labute approximate surface area is 135 Å². The second kappa shape index (κ2) is 6.62. The van der Waals surface area contributed by atoms with E-state index in [0.717, 1.165) is 11.8 Å². The SMILES string of the molecule is O=C(CSc1nnc(-c2ccc(O)cc2)o1)c1ccc(F)cc1. The molecule has 0 fully saturated rings. The van der Waals surface area contributed by atoms with Crippen LogP contribution < -0.4 is 0 Å². The number of rotatable bonds is 5. The number of benzene rings is 2. The number of carbonyl (C=O) groups excluding carboxylic acids is 1. The number of carbonyl (C=O) groups is 1. The van der Waals surface area contributed by atoms with Gasteiger partial charge >= 0.3 is 0 Å². The van der Waals surface area contributed by atoms with Gasteiger partial charge in [0, 0.05) is 11.1 Å². The number of hydrogen-bond acceptors (Lipinski definition) is 6. The Bertz CT molecular complexity index is 816. The van der Waals surface area contributed by atoms with E-state index >= 15 is 0 Å². The summed E-state index contributed by atoms with van der Waals surface area (Å²) in [6.45, 7) is 0. The molecule has 0 radical (unpaired) electrons. The number of nitrogens with zero attached hydrogens (tertiary/aromatic N) is 2. The van der Waals surface area contributed by atoms with Gasteiger partial charge in [0.05, 0.1) is 5.75 Å². The van der Waals surface area contributed by atoms with Crippen LogP contribution in [0.25, 0.3) is 11.5 Å². The molecule has 1 N–H and O–H groups in total. The molecule has 0 unspecified atom stereocenters. The summed E-state index contributed by atoms with van der Waals surface area (Å²) in [5, 5.41) is 17.3. The predicted molar refractivity (Wildman–Crippen MR) is 82.9 cm³/mol. The number of thioether (sulfide) groups is 1. The highest BCUT2D eigenvalue weighted by atomic mass is 32.2. The summed E-state index contributed by atoms with van der Waals surface area (Å²) in [4.78, 5) is 12.0. The summed E-state index contributed by atoms with van der Waals surface area (Å²) >= 11 is 1.11. The van der Waals surface area contributed by atoms with Crippen molar-refractivity contribution in [2.45, 2.75) is 5.22 Å². The molecule has 0 saturated heterocycles. The maximum absolute atomic E-state index is 12.8. The third-order valence-electron chi connectivity index (χ3n) is 3.01. The molecule has 0 spiro atoms. The number of aromatic hydroxyl groups is 1. The molecule has 2 aromatic carbocycles. The second-order valence-corrected chi connectivity index (χ2v) is 5.57. The minimum absolute atomic E-state index is 0.114. The van der Waals surface area contributed by atoms with Gasteiger partial charge in [-0.1, -0.05) is 11.8 Å². The first-order valence-corrected chi connectivity index (χ1v) is 7.65. The van der Waals surface area contributed by atoms with Crippen molar-refractivity contribution < 1.29 is 18.7 Å². The average Bonchev–Trinajstić information content (AvgIpc) is 3.03. The summed E-state index contributed by atoms with van der Waals surface area (Å²) in [5.41, 5.74) is 1.10. The molecule has 23 heavy (non-hydrogen) atoms. The smallest absolute Gasteiger partial charge is 0.277 e. The number of aromatic nitrogens is 2. The van der Waals surface area contributed by atoms with Gasteiger partial charge in [-0.15, -0.1) is 10.2 Å². The topological polar surface area (TPSA) is 76.2 Å². The summed E-state index contributed by atoms with van der Waals surface area (Å²) < 4.78 is 18.3. The Balaban J connectivity index is 1.64. The third kappa shape index (κ3) is 3.75. The van der Waals surface area contributed by atoms with Crippen molar-refractivity contribution >= 4 is 17.5 Å². The van der Waals surface area contributed by atoms with Gasteiger partial charge in [0.25, 0.3) is 5.22 Å². The van der Waals surface area contributed by atoms with Crippen molar-refractivity contribution in [3.8, 4) is 17.2 Å². The molecule has 0 aliphatic carbocycles. The van der Waals surface area contributed by atoms with Gasteiger partial charge < -0.3 is 9.52 Å². The first-order valence-electron chi connectivity index (χ1n) is 6.66. The maximum Gasteiger partial charge on any atom is 0.277 e. The monoisotopic (exact) mass is 330 g/mol. The number of hydrogen-bond donors (Lipinski definition) is 1. The lowest BCUT2D eigenvalue weighted by atomic mass is 10.1. The van der Waals surface area contributed by atoms with Crippen LogP contribution in [0.3, 0.4) is 0 Å². The van der Waals surface area contributed by atoms with Crippen LogP contribution in [0.5, 0.6) is 5.75 Å². The highest BCUT2D eigenvalue weighted by Gasteiger charge is 2.12. The average molecular weight is 330 g/mol. The van der Waals surface area contributed by atoms with Crippen molar-refractivity contribution in [3.63, 3.8) is 0 Å². The summed E-state index contributed by atoms with van der Waals surface area (Å²) in [5.74, 6) is 0.0292. The van der Waals surface area contributed by atoms with Crippen LogP contribution in [0.15, 0.2) is 58.2 Å². The fourth-order valence-corrected chi connectivity index (χ4v) is 2.49. The van der Waals surface area contributed by atoms with Crippen molar-refractivity contribution in [3.05, 3.63) is 59.9 Å². The fourth-order valence-electron chi connectivity index (χ4n) is 1.84. The molecule has 0 saturated carbocycles. The van der Waals surface area contributed by atoms with Crippen molar-refractivity contribution in [2.75, 3.05) is 5.75 Å². The summed E-state index contributed by atoms with van der Waals surface area (Å²) in [6, 6.07) is 11.7. The lowest BCUT2D eigenvalue weighted by Crippen LogP contribution is -2.02. The molecule has 5 nitrogen and oxygen atoms in total. The van der Waals surface area contributed by atoms with E-state index in [1.807, 2.05) is 0 Å². The molecule has 0 amide bonds. The minimum Gasteiger partial charge on any atom is -0.508 e. The molecule has 0 bridgehead atoms. The van der Waals surface area contributed by atoms with Gasteiger partial charge in [-0.25, -0.2) is 4.39 Å².